The Bertz CT molecular complexity index is 270. The fourth-order valence-corrected chi connectivity index (χ4v) is 0.791. The third-order valence-electron chi connectivity index (χ3n) is 1.76. The molecular formula is C12H19ClF2N2Zn. The average Bonchev–Trinajstić information content (AvgIpc) is 2.34. The summed E-state index contributed by atoms with van der Waals surface area (Å²) in [7, 11) is 13.1. The van der Waals surface area contributed by atoms with Gasteiger partial charge in [-0.05, 0) is 28.2 Å². The number of benzene rings is 1. The molecular weight excluding hydrogens is 311 g/mol. The third-order valence-corrected chi connectivity index (χ3v) is 1.76. The molecule has 2 nitrogen and oxygen atoms in total. The van der Waals surface area contributed by atoms with Crippen LogP contribution in [0.5, 0.6) is 0 Å². The second kappa shape index (κ2) is 13.3. The van der Waals surface area contributed by atoms with Crippen LogP contribution in [-0.4, -0.2) is 51.1 Å². The molecule has 0 amide bonds. The molecule has 0 aliphatic carbocycles. The molecule has 0 radical (unpaired) electrons. The van der Waals surface area contributed by atoms with E-state index in [1.54, 1.807) is 0 Å². The maximum absolute atomic E-state index is 11.9. The van der Waals surface area contributed by atoms with E-state index in [0.29, 0.717) is 0 Å². The van der Waals surface area contributed by atoms with Gasteiger partial charge in [-0.1, -0.05) is 0 Å². The van der Waals surface area contributed by atoms with Crippen molar-refractivity contribution in [3.05, 3.63) is 35.9 Å². The van der Waals surface area contributed by atoms with Crippen molar-refractivity contribution < 1.29 is 26.1 Å². The molecule has 0 saturated carbocycles. The summed E-state index contributed by atoms with van der Waals surface area (Å²) in [6, 6.07) is 5.68. The van der Waals surface area contributed by atoms with Crippen molar-refractivity contribution in [3.63, 3.8) is 0 Å². The number of halogens is 3. The summed E-state index contributed by atoms with van der Waals surface area (Å²) < 4.78 is 23.8. The molecule has 18 heavy (non-hydrogen) atoms. The van der Waals surface area contributed by atoms with E-state index in [4.69, 9.17) is 9.69 Å². The minimum atomic E-state index is -0.854. The van der Waals surface area contributed by atoms with E-state index in [2.05, 4.69) is 44.1 Å². The van der Waals surface area contributed by atoms with E-state index >= 15 is 0 Å². The Morgan fingerprint density at radius 2 is 1.50 bits per heavy atom. The van der Waals surface area contributed by atoms with Gasteiger partial charge in [0.25, 0.3) is 0 Å². The predicted molar refractivity (Wildman–Crippen MR) is 68.2 cm³/mol. The molecule has 0 fully saturated rings. The first-order valence-corrected chi connectivity index (χ1v) is 9.20. The minimum absolute atomic E-state index is 0.830. The Labute approximate surface area is 123 Å². The summed E-state index contributed by atoms with van der Waals surface area (Å²) in [5, 5.41) is 0. The van der Waals surface area contributed by atoms with E-state index in [-0.39, 0.29) is 0 Å². The van der Waals surface area contributed by atoms with Crippen LogP contribution in [0.3, 0.4) is 0 Å². The molecule has 1 rings (SSSR count). The van der Waals surface area contributed by atoms with Crippen molar-refractivity contribution in [1.29, 1.82) is 0 Å². The number of hydrogen-bond donors (Lipinski definition) is 0. The number of hydrogen-bond acceptors (Lipinski definition) is 2. The average molecular weight is 330 g/mol. The van der Waals surface area contributed by atoms with Gasteiger partial charge >= 0.3 is 27.0 Å². The van der Waals surface area contributed by atoms with Crippen molar-refractivity contribution >= 4 is 9.69 Å². The van der Waals surface area contributed by atoms with Gasteiger partial charge in [0.1, 0.15) is 0 Å². The fraction of sp³-hybridized carbons (Fsp3) is 0.500. The first-order valence-electron chi connectivity index (χ1n) is 5.30. The summed E-state index contributed by atoms with van der Waals surface area (Å²) in [4.78, 5) is 4.36. The third kappa shape index (κ3) is 14.0. The second-order valence-electron chi connectivity index (χ2n) is 3.95. The van der Waals surface area contributed by atoms with Crippen LogP contribution >= 0.6 is 9.69 Å². The topological polar surface area (TPSA) is 6.48 Å². The Morgan fingerprint density at radius 3 is 1.72 bits per heavy atom. The van der Waals surface area contributed by atoms with E-state index in [0.717, 1.165) is 42.5 Å². The molecule has 0 atom stereocenters. The number of rotatable bonds is 3. The molecule has 1 aromatic rings. The van der Waals surface area contributed by atoms with E-state index in [9.17, 15) is 8.78 Å². The van der Waals surface area contributed by atoms with E-state index in [1.807, 2.05) is 0 Å². The van der Waals surface area contributed by atoms with Crippen LogP contribution < -0.4 is 0 Å². The predicted octanol–water partition coefficient (Wildman–Crippen LogP) is 2.56. The van der Waals surface area contributed by atoms with Crippen molar-refractivity contribution in [2.24, 2.45) is 0 Å². The zero-order valence-electron chi connectivity index (χ0n) is 11.4. The normalized spacial score (nSPS) is 9.50. The SMILES string of the molecule is CN(C)CCN(C)C.Fc1c[c-]ccc1F.[Cl][Zn+]. The summed E-state index contributed by atoms with van der Waals surface area (Å²) in [6.45, 7) is 2.29. The Balaban J connectivity index is 0. The van der Waals surface area contributed by atoms with Gasteiger partial charge in [-0.15, -0.1) is 12.1 Å². The van der Waals surface area contributed by atoms with Crippen molar-refractivity contribution in [2.75, 3.05) is 41.3 Å². The van der Waals surface area contributed by atoms with Crippen LogP contribution in [0.15, 0.2) is 18.2 Å². The monoisotopic (exact) mass is 328 g/mol. The van der Waals surface area contributed by atoms with Crippen molar-refractivity contribution in [1.82, 2.24) is 9.80 Å². The van der Waals surface area contributed by atoms with Gasteiger partial charge in [-0.2, -0.15) is 12.1 Å². The van der Waals surface area contributed by atoms with Crippen LogP contribution in [0.4, 0.5) is 8.78 Å². The summed E-state index contributed by atoms with van der Waals surface area (Å²) in [5.74, 6) is -1.68. The molecule has 0 bridgehead atoms. The Kier molecular flexibility index (Phi) is 15.0. The van der Waals surface area contributed by atoms with Gasteiger partial charge in [-0.3, -0.25) is 4.39 Å². The Hall–Kier alpha value is -0.0866. The van der Waals surface area contributed by atoms with Crippen LogP contribution in [0.25, 0.3) is 0 Å². The van der Waals surface area contributed by atoms with Gasteiger partial charge in [0.15, 0.2) is 0 Å². The van der Waals surface area contributed by atoms with Gasteiger partial charge in [-0.25, -0.2) is 4.39 Å². The molecule has 0 aliphatic heterocycles. The molecule has 0 unspecified atom stereocenters. The summed E-state index contributed by atoms with van der Waals surface area (Å²) in [6.07, 6.45) is 0. The molecule has 1 aromatic carbocycles. The summed E-state index contributed by atoms with van der Waals surface area (Å²) >= 11 is 0.847. The van der Waals surface area contributed by atoms with Gasteiger partial charge in [0, 0.05) is 24.7 Å². The van der Waals surface area contributed by atoms with Crippen molar-refractivity contribution in [3.8, 4) is 0 Å². The second-order valence-corrected chi connectivity index (χ2v) is 3.95. The molecule has 0 aromatic heterocycles. The van der Waals surface area contributed by atoms with Gasteiger partial charge in [0.05, 0.1) is 0 Å². The molecule has 0 spiro atoms. The Morgan fingerprint density at radius 1 is 1.06 bits per heavy atom. The zero-order chi connectivity index (χ0) is 14.6. The van der Waals surface area contributed by atoms with Gasteiger partial charge in [0.2, 0.25) is 0 Å². The molecule has 0 heterocycles. The first-order chi connectivity index (χ1) is 8.43. The number of nitrogens with zero attached hydrogens (tertiary/aromatic N) is 2. The molecule has 0 aliphatic rings. The molecule has 100 valence electrons. The zero-order valence-corrected chi connectivity index (χ0v) is 15.1. The van der Waals surface area contributed by atoms with Crippen LogP contribution in [0.2, 0.25) is 0 Å². The standard InChI is InChI=1S/C6H3F2.C6H16N2.ClH.Zn/c7-5-3-1-2-4-6(5)8;1-7(2)5-6-8(3)4;;/h1,3-4H;5-6H2,1-4H3;1H;/q-1;;;+2/p-1. The van der Waals surface area contributed by atoms with E-state index in [1.165, 1.54) is 6.07 Å². The van der Waals surface area contributed by atoms with E-state index < -0.39 is 11.6 Å². The van der Waals surface area contributed by atoms with Gasteiger partial charge < -0.3 is 9.80 Å². The fourth-order valence-electron chi connectivity index (χ4n) is 0.791. The molecule has 6 heteroatoms. The van der Waals surface area contributed by atoms with Crippen molar-refractivity contribution in [2.45, 2.75) is 0 Å². The van der Waals surface area contributed by atoms with Crippen LogP contribution in [-0.2, 0) is 17.3 Å². The maximum atomic E-state index is 11.9. The molecule has 0 N–H and O–H groups in total. The first kappa shape index (κ1) is 20.2. The van der Waals surface area contributed by atoms with Crippen LogP contribution in [0.1, 0.15) is 0 Å². The summed E-state index contributed by atoms with van der Waals surface area (Å²) in [5.41, 5.74) is 0. The quantitative estimate of drug-likeness (QED) is 0.621. The van der Waals surface area contributed by atoms with Crippen LogP contribution in [0, 0.1) is 17.7 Å². The molecule has 0 saturated heterocycles. The number of likely N-dealkylation sites (N-methyl/N-ethyl adjacent to an activating group) is 2.